The number of aromatic amines is 2. The molecule has 1 aromatic carbocycles. The number of benzene rings is 1. The third kappa shape index (κ3) is 1.86. The molecule has 98 valence electrons. The second-order valence-electron chi connectivity index (χ2n) is 3.67. The standard InChI is InChI=1S/C9H4ClN3O4S2/c10-19(16,17)4-1-3-5(7-6(4)11-2-18-7)13-9(15)8(14)12-3/h1-2H,(H,12,14)(H,13,15). The predicted molar refractivity (Wildman–Crippen MR) is 71.4 cm³/mol. The smallest absolute Gasteiger partial charge is 0.314 e. The molecule has 0 aliphatic heterocycles. The van der Waals surface area contributed by atoms with Gasteiger partial charge in [0.1, 0.15) is 10.4 Å². The second-order valence-corrected chi connectivity index (χ2v) is 7.06. The van der Waals surface area contributed by atoms with Gasteiger partial charge < -0.3 is 9.97 Å². The first-order chi connectivity index (χ1) is 8.88. The van der Waals surface area contributed by atoms with E-state index in [1.165, 1.54) is 11.6 Å². The molecular weight excluding hydrogens is 314 g/mol. The SMILES string of the molecule is O=c1[nH]c2cc(S(=O)(=O)Cl)c3ncsc3c2[nH]c1=O. The molecule has 0 aliphatic carbocycles. The highest BCUT2D eigenvalue weighted by molar-refractivity contribution is 8.14. The Kier molecular flexibility index (Phi) is 2.52. The van der Waals surface area contributed by atoms with Gasteiger partial charge in [-0.25, -0.2) is 13.4 Å². The molecule has 10 heteroatoms. The van der Waals surface area contributed by atoms with Gasteiger partial charge in [-0.1, -0.05) is 0 Å². The quantitative estimate of drug-likeness (QED) is 0.508. The Bertz CT molecular complexity index is 1030. The maximum atomic E-state index is 11.5. The van der Waals surface area contributed by atoms with Gasteiger partial charge in [-0.05, 0) is 6.07 Å². The van der Waals surface area contributed by atoms with Crippen molar-refractivity contribution in [3.05, 3.63) is 32.3 Å². The van der Waals surface area contributed by atoms with Gasteiger partial charge in [0.2, 0.25) is 0 Å². The first-order valence-corrected chi connectivity index (χ1v) is 8.04. The molecular formula is C9H4ClN3O4S2. The number of H-pyrrole nitrogens is 2. The van der Waals surface area contributed by atoms with Crippen LogP contribution in [0.25, 0.3) is 21.3 Å². The molecule has 7 nitrogen and oxygen atoms in total. The van der Waals surface area contributed by atoms with Crippen molar-refractivity contribution in [3.8, 4) is 0 Å². The van der Waals surface area contributed by atoms with Gasteiger partial charge in [0.05, 0.1) is 21.2 Å². The maximum Gasteiger partial charge on any atom is 0.314 e. The first kappa shape index (κ1) is 12.3. The van der Waals surface area contributed by atoms with Gasteiger partial charge >= 0.3 is 11.1 Å². The Balaban J connectivity index is 2.67. The monoisotopic (exact) mass is 317 g/mol. The van der Waals surface area contributed by atoms with Crippen molar-refractivity contribution in [3.63, 3.8) is 0 Å². The molecule has 3 rings (SSSR count). The summed E-state index contributed by atoms with van der Waals surface area (Å²) < 4.78 is 23.4. The van der Waals surface area contributed by atoms with Crippen LogP contribution in [0.4, 0.5) is 0 Å². The molecule has 0 unspecified atom stereocenters. The third-order valence-corrected chi connectivity index (χ3v) is 4.71. The molecule has 2 N–H and O–H groups in total. The van der Waals surface area contributed by atoms with Crippen LogP contribution in [0.1, 0.15) is 0 Å². The summed E-state index contributed by atoms with van der Waals surface area (Å²) in [6.07, 6.45) is 0. The number of thiazole rings is 1. The van der Waals surface area contributed by atoms with E-state index in [9.17, 15) is 18.0 Å². The van der Waals surface area contributed by atoms with Gasteiger partial charge in [0.15, 0.2) is 0 Å². The molecule has 0 atom stereocenters. The topological polar surface area (TPSA) is 113 Å². The molecule has 2 aromatic heterocycles. The van der Waals surface area contributed by atoms with Crippen LogP contribution >= 0.6 is 22.0 Å². The minimum atomic E-state index is -4.01. The number of hydrogen-bond donors (Lipinski definition) is 2. The van der Waals surface area contributed by atoms with Gasteiger partial charge in [-0.2, -0.15) is 0 Å². The molecule has 0 aliphatic rings. The molecule has 2 heterocycles. The van der Waals surface area contributed by atoms with E-state index in [4.69, 9.17) is 10.7 Å². The highest BCUT2D eigenvalue weighted by Crippen LogP contribution is 2.31. The van der Waals surface area contributed by atoms with E-state index in [1.807, 2.05) is 0 Å². The molecule has 0 amide bonds. The summed E-state index contributed by atoms with van der Waals surface area (Å²) in [5, 5.41) is 0. The van der Waals surface area contributed by atoms with Crippen molar-refractivity contribution >= 4 is 52.3 Å². The van der Waals surface area contributed by atoms with E-state index in [1.54, 1.807) is 0 Å². The zero-order chi connectivity index (χ0) is 13.8. The molecule has 0 saturated heterocycles. The summed E-state index contributed by atoms with van der Waals surface area (Å²) in [7, 11) is 1.33. The Morgan fingerprint density at radius 3 is 2.58 bits per heavy atom. The van der Waals surface area contributed by atoms with Crippen LogP contribution in [-0.4, -0.2) is 23.4 Å². The van der Waals surface area contributed by atoms with E-state index < -0.39 is 20.2 Å². The lowest BCUT2D eigenvalue weighted by atomic mass is 10.3. The summed E-state index contributed by atoms with van der Waals surface area (Å²) >= 11 is 1.14. The minimum Gasteiger partial charge on any atom is -0.316 e. The highest BCUT2D eigenvalue weighted by atomic mass is 35.7. The van der Waals surface area contributed by atoms with Gasteiger partial charge in [-0.15, -0.1) is 11.3 Å². The van der Waals surface area contributed by atoms with Crippen molar-refractivity contribution < 1.29 is 8.42 Å². The van der Waals surface area contributed by atoms with Crippen molar-refractivity contribution in [2.75, 3.05) is 0 Å². The number of hydrogen-bond acceptors (Lipinski definition) is 6. The fourth-order valence-corrected chi connectivity index (χ4v) is 3.63. The summed E-state index contributed by atoms with van der Waals surface area (Å²) in [6, 6.07) is 1.18. The van der Waals surface area contributed by atoms with E-state index in [-0.39, 0.29) is 15.9 Å². The lowest BCUT2D eigenvalue weighted by Gasteiger charge is -2.02. The number of rotatable bonds is 1. The van der Waals surface area contributed by atoms with Gasteiger partial charge in [0, 0.05) is 10.7 Å². The number of aromatic nitrogens is 3. The van der Waals surface area contributed by atoms with E-state index in [0.29, 0.717) is 10.2 Å². The van der Waals surface area contributed by atoms with Gasteiger partial charge in [0.25, 0.3) is 9.05 Å². The summed E-state index contributed by atoms with van der Waals surface area (Å²) in [5.41, 5.74) is 0.416. The third-order valence-electron chi connectivity index (χ3n) is 2.53. The van der Waals surface area contributed by atoms with Crippen LogP contribution in [0.5, 0.6) is 0 Å². The Labute approximate surface area is 113 Å². The maximum absolute atomic E-state index is 11.5. The fraction of sp³-hybridized carbons (Fsp3) is 0. The first-order valence-electron chi connectivity index (χ1n) is 4.85. The second kappa shape index (κ2) is 3.89. The number of nitrogens with one attached hydrogen (secondary N) is 2. The molecule has 0 saturated carbocycles. The summed E-state index contributed by atoms with van der Waals surface area (Å²) in [5.74, 6) is 0. The van der Waals surface area contributed by atoms with Crippen LogP contribution in [-0.2, 0) is 9.05 Å². The zero-order valence-corrected chi connectivity index (χ0v) is 11.3. The highest BCUT2D eigenvalue weighted by Gasteiger charge is 2.19. The lowest BCUT2D eigenvalue weighted by Crippen LogP contribution is -2.29. The molecule has 0 bridgehead atoms. The van der Waals surface area contributed by atoms with Crippen molar-refractivity contribution in [2.24, 2.45) is 0 Å². The molecule has 0 radical (unpaired) electrons. The Morgan fingerprint density at radius 2 is 1.89 bits per heavy atom. The largest absolute Gasteiger partial charge is 0.316 e. The van der Waals surface area contributed by atoms with Crippen LogP contribution in [0.2, 0.25) is 0 Å². The van der Waals surface area contributed by atoms with Crippen molar-refractivity contribution in [1.82, 2.24) is 15.0 Å². The van der Waals surface area contributed by atoms with Crippen LogP contribution in [0.3, 0.4) is 0 Å². The lowest BCUT2D eigenvalue weighted by molar-refractivity contribution is 0.610. The zero-order valence-electron chi connectivity index (χ0n) is 8.93. The molecule has 19 heavy (non-hydrogen) atoms. The van der Waals surface area contributed by atoms with Crippen LogP contribution in [0, 0.1) is 0 Å². The predicted octanol–water partition coefficient (Wildman–Crippen LogP) is 0.754. The van der Waals surface area contributed by atoms with E-state index >= 15 is 0 Å². The molecule has 3 aromatic rings. The van der Waals surface area contributed by atoms with E-state index in [2.05, 4.69) is 15.0 Å². The molecule has 0 fully saturated rings. The Hall–Kier alpha value is -1.71. The minimum absolute atomic E-state index is 0.162. The number of nitrogens with zero attached hydrogens (tertiary/aromatic N) is 1. The summed E-state index contributed by atoms with van der Waals surface area (Å²) in [6.45, 7) is 0. The van der Waals surface area contributed by atoms with Gasteiger partial charge in [-0.3, -0.25) is 9.59 Å². The van der Waals surface area contributed by atoms with Crippen molar-refractivity contribution in [1.29, 1.82) is 0 Å². The molecule has 0 spiro atoms. The van der Waals surface area contributed by atoms with Crippen LogP contribution < -0.4 is 11.1 Å². The number of halogens is 1. The van der Waals surface area contributed by atoms with Crippen LogP contribution in [0.15, 0.2) is 26.1 Å². The summed E-state index contributed by atoms with van der Waals surface area (Å²) in [4.78, 5) is 31.0. The normalized spacial score (nSPS) is 12.3. The Morgan fingerprint density at radius 1 is 1.21 bits per heavy atom. The average Bonchev–Trinajstić information content (AvgIpc) is 2.77. The number of fused-ring (bicyclic) bond motifs is 3. The van der Waals surface area contributed by atoms with Crippen molar-refractivity contribution in [2.45, 2.75) is 4.90 Å². The van der Waals surface area contributed by atoms with E-state index in [0.717, 1.165) is 11.3 Å². The fourth-order valence-electron chi connectivity index (χ4n) is 1.75. The average molecular weight is 318 g/mol.